The first-order valence-electron chi connectivity index (χ1n) is 9.11. The van der Waals surface area contributed by atoms with Crippen molar-refractivity contribution < 1.29 is 13.5 Å². The summed E-state index contributed by atoms with van der Waals surface area (Å²) in [6, 6.07) is 3.51. The molecule has 0 fully saturated rings. The molecule has 0 spiro atoms. The normalized spacial score (nSPS) is 16.7. The summed E-state index contributed by atoms with van der Waals surface area (Å²) in [7, 11) is 0. The fourth-order valence-electron chi connectivity index (χ4n) is 2.98. The van der Waals surface area contributed by atoms with Crippen LogP contribution in [0.25, 0.3) is 0 Å². The first kappa shape index (κ1) is 19.1. The van der Waals surface area contributed by atoms with Gasteiger partial charge in [-0.1, -0.05) is 0 Å². The maximum atomic E-state index is 13.2. The van der Waals surface area contributed by atoms with Crippen molar-refractivity contribution in [1.82, 2.24) is 25.4 Å². The van der Waals surface area contributed by atoms with Gasteiger partial charge >= 0.3 is 0 Å². The molecule has 0 radical (unpaired) electrons. The molecular weight excluding hydrogens is 354 g/mol. The number of nitrogens with zero attached hydrogens (tertiary/aromatic N) is 4. The Bertz CT molecular complexity index is 807. The Morgan fingerprint density at radius 3 is 3.00 bits per heavy atom. The number of guanidine groups is 1. The van der Waals surface area contributed by atoms with Crippen molar-refractivity contribution in [3.8, 4) is 5.75 Å². The van der Waals surface area contributed by atoms with Crippen molar-refractivity contribution in [2.24, 2.45) is 4.99 Å². The van der Waals surface area contributed by atoms with Crippen molar-refractivity contribution in [2.45, 2.75) is 39.3 Å². The number of hydrogen-bond donors (Lipinski definition) is 2. The number of aromatic nitrogens is 3. The Labute approximate surface area is 156 Å². The molecule has 1 aliphatic heterocycles. The average Bonchev–Trinajstić information content (AvgIpc) is 3.03. The molecule has 1 unspecified atom stereocenters. The van der Waals surface area contributed by atoms with Crippen molar-refractivity contribution in [3.63, 3.8) is 0 Å². The third-order valence-electron chi connectivity index (χ3n) is 4.16. The molecule has 1 atom stereocenters. The lowest BCUT2D eigenvalue weighted by molar-refractivity contribution is 0.324. The summed E-state index contributed by atoms with van der Waals surface area (Å²) in [5, 5.41) is 11.0. The molecule has 0 bridgehead atoms. The molecule has 2 aromatic rings. The van der Waals surface area contributed by atoms with E-state index in [1.807, 2.05) is 18.5 Å². The maximum absolute atomic E-state index is 13.2. The minimum atomic E-state index is -0.928. The average molecular weight is 378 g/mol. The van der Waals surface area contributed by atoms with Crippen molar-refractivity contribution in [3.05, 3.63) is 41.5 Å². The highest BCUT2D eigenvalue weighted by Gasteiger charge is 2.24. The minimum Gasteiger partial charge on any atom is -0.492 e. The smallest absolute Gasteiger partial charge is 0.191 e. The fourth-order valence-corrected chi connectivity index (χ4v) is 2.98. The Morgan fingerprint density at radius 1 is 1.37 bits per heavy atom. The molecule has 2 heterocycles. The molecule has 0 saturated carbocycles. The van der Waals surface area contributed by atoms with Gasteiger partial charge in [-0.3, -0.25) is 0 Å². The molecule has 0 saturated heterocycles. The molecule has 7 nitrogen and oxygen atoms in total. The van der Waals surface area contributed by atoms with Gasteiger partial charge in [-0.15, -0.1) is 0 Å². The van der Waals surface area contributed by atoms with Crippen LogP contribution >= 0.6 is 0 Å². The third-order valence-corrected chi connectivity index (χ3v) is 4.16. The quantitative estimate of drug-likeness (QED) is 0.458. The lowest BCUT2D eigenvalue weighted by Gasteiger charge is -2.25. The Kier molecular flexibility index (Phi) is 6.20. The SMILES string of the molecule is CCNC(=NCCOc1ccc(F)c(F)c1)NC1CCCn2nc(C)nc21. The van der Waals surface area contributed by atoms with Crippen LogP contribution in [-0.4, -0.2) is 40.4 Å². The zero-order valence-electron chi connectivity index (χ0n) is 15.5. The number of aryl methyl sites for hydroxylation is 2. The van der Waals surface area contributed by atoms with Crippen LogP contribution in [0.2, 0.25) is 0 Å². The van der Waals surface area contributed by atoms with Crippen LogP contribution in [0.3, 0.4) is 0 Å². The molecule has 27 heavy (non-hydrogen) atoms. The predicted octanol–water partition coefficient (Wildman–Crippen LogP) is 2.33. The first-order chi connectivity index (χ1) is 13.1. The van der Waals surface area contributed by atoms with Gasteiger partial charge in [-0.05, 0) is 38.8 Å². The zero-order valence-corrected chi connectivity index (χ0v) is 15.5. The van der Waals surface area contributed by atoms with Gasteiger partial charge < -0.3 is 15.4 Å². The largest absolute Gasteiger partial charge is 0.492 e. The standard InChI is InChI=1S/C18H24F2N6O/c1-3-21-18(22-8-10-27-13-6-7-14(19)15(20)11-13)24-16-5-4-9-26-17(16)23-12(2)25-26/h6-7,11,16H,3-5,8-10H2,1-2H3,(H2,21,22,24). The minimum absolute atomic E-state index is 0.0462. The van der Waals surface area contributed by atoms with Crippen LogP contribution in [0.4, 0.5) is 8.78 Å². The Hall–Kier alpha value is -2.71. The Morgan fingerprint density at radius 2 is 2.22 bits per heavy atom. The molecular formula is C18H24F2N6O. The number of halogens is 2. The molecule has 146 valence electrons. The monoisotopic (exact) mass is 378 g/mol. The molecule has 2 N–H and O–H groups in total. The van der Waals surface area contributed by atoms with Gasteiger partial charge in [0.05, 0.1) is 12.6 Å². The highest BCUT2D eigenvalue weighted by atomic mass is 19.2. The molecule has 0 amide bonds. The number of benzene rings is 1. The van der Waals surface area contributed by atoms with Crippen LogP contribution < -0.4 is 15.4 Å². The van der Waals surface area contributed by atoms with Gasteiger partial charge in [0.1, 0.15) is 24.0 Å². The second-order valence-corrected chi connectivity index (χ2v) is 6.26. The van der Waals surface area contributed by atoms with E-state index in [1.165, 1.54) is 6.07 Å². The van der Waals surface area contributed by atoms with E-state index in [0.717, 1.165) is 43.2 Å². The van der Waals surface area contributed by atoms with E-state index in [0.29, 0.717) is 19.0 Å². The summed E-state index contributed by atoms with van der Waals surface area (Å²) >= 11 is 0. The maximum Gasteiger partial charge on any atom is 0.191 e. The molecule has 1 aromatic heterocycles. The van der Waals surface area contributed by atoms with Gasteiger partial charge in [0.25, 0.3) is 0 Å². The van der Waals surface area contributed by atoms with E-state index >= 15 is 0 Å². The van der Waals surface area contributed by atoms with Gasteiger partial charge in [0.2, 0.25) is 0 Å². The van der Waals surface area contributed by atoms with E-state index < -0.39 is 11.6 Å². The predicted molar refractivity (Wildman–Crippen MR) is 97.7 cm³/mol. The number of nitrogens with one attached hydrogen (secondary N) is 2. The van der Waals surface area contributed by atoms with Crippen LogP contribution in [0.5, 0.6) is 5.75 Å². The second-order valence-electron chi connectivity index (χ2n) is 6.26. The Balaban J connectivity index is 1.57. The lowest BCUT2D eigenvalue weighted by atomic mass is 10.1. The third kappa shape index (κ3) is 4.93. The van der Waals surface area contributed by atoms with Crippen LogP contribution in [-0.2, 0) is 6.54 Å². The van der Waals surface area contributed by atoms with Gasteiger partial charge in [-0.2, -0.15) is 5.10 Å². The van der Waals surface area contributed by atoms with Crippen molar-refractivity contribution >= 4 is 5.96 Å². The van der Waals surface area contributed by atoms with Crippen LogP contribution in [0.15, 0.2) is 23.2 Å². The highest BCUT2D eigenvalue weighted by Crippen LogP contribution is 2.22. The number of fused-ring (bicyclic) bond motifs is 1. The lowest BCUT2D eigenvalue weighted by Crippen LogP contribution is -2.41. The van der Waals surface area contributed by atoms with Crippen molar-refractivity contribution in [1.29, 1.82) is 0 Å². The van der Waals surface area contributed by atoms with Crippen molar-refractivity contribution in [2.75, 3.05) is 19.7 Å². The molecule has 3 rings (SSSR count). The van der Waals surface area contributed by atoms with E-state index in [1.54, 1.807) is 0 Å². The summed E-state index contributed by atoms with van der Waals surface area (Å²) in [6.45, 7) is 6.09. The van der Waals surface area contributed by atoms with Crippen LogP contribution in [0, 0.1) is 18.6 Å². The van der Waals surface area contributed by atoms with Gasteiger partial charge in [0, 0.05) is 19.2 Å². The molecule has 0 aliphatic carbocycles. The van der Waals surface area contributed by atoms with E-state index in [2.05, 4.69) is 25.7 Å². The van der Waals surface area contributed by atoms with E-state index in [9.17, 15) is 8.78 Å². The zero-order chi connectivity index (χ0) is 19.2. The number of ether oxygens (including phenoxy) is 1. The highest BCUT2D eigenvalue weighted by molar-refractivity contribution is 5.80. The van der Waals surface area contributed by atoms with Gasteiger partial charge in [0.15, 0.2) is 17.6 Å². The number of rotatable bonds is 6. The fraction of sp³-hybridized carbons (Fsp3) is 0.500. The number of aliphatic imine (C=N–C) groups is 1. The summed E-state index contributed by atoms with van der Waals surface area (Å²) in [6.07, 6.45) is 1.97. The molecule has 1 aliphatic rings. The van der Waals surface area contributed by atoms with Gasteiger partial charge in [-0.25, -0.2) is 23.4 Å². The van der Waals surface area contributed by atoms with E-state index in [4.69, 9.17) is 4.74 Å². The number of hydrogen-bond acceptors (Lipinski definition) is 4. The topological polar surface area (TPSA) is 76.4 Å². The first-order valence-corrected chi connectivity index (χ1v) is 9.11. The summed E-state index contributed by atoms with van der Waals surface area (Å²) in [5.41, 5.74) is 0. The van der Waals surface area contributed by atoms with E-state index in [-0.39, 0.29) is 18.4 Å². The summed E-state index contributed by atoms with van der Waals surface area (Å²) in [5.74, 6) is 0.795. The second kappa shape index (κ2) is 8.79. The van der Waals surface area contributed by atoms with Crippen LogP contribution in [0.1, 0.15) is 37.5 Å². The summed E-state index contributed by atoms with van der Waals surface area (Å²) < 4.78 is 33.5. The molecule has 9 heteroatoms. The molecule has 1 aromatic carbocycles. The summed E-state index contributed by atoms with van der Waals surface area (Å²) in [4.78, 5) is 9.00.